The summed E-state index contributed by atoms with van der Waals surface area (Å²) in [6.07, 6.45) is 0.850. The normalized spacial score (nSPS) is 18.5. The first-order valence-corrected chi connectivity index (χ1v) is 7.79. The summed E-state index contributed by atoms with van der Waals surface area (Å²) in [5.74, 6) is 0. The Morgan fingerprint density at radius 2 is 1.52 bits per heavy atom. The molecule has 0 spiro atoms. The highest BCUT2D eigenvalue weighted by molar-refractivity contribution is 7.80. The minimum atomic E-state index is -0.0154. The lowest BCUT2D eigenvalue weighted by Gasteiger charge is -2.34. The smallest absolute Gasteiger partial charge is 0.264 e. The number of anilines is 1. The number of hydrogen-bond donors (Lipinski definition) is 0. The van der Waals surface area contributed by atoms with Gasteiger partial charge in [0.05, 0.1) is 0 Å². The predicted octanol–water partition coefficient (Wildman–Crippen LogP) is 5.25. The molecule has 0 N–H and O–H groups in total. The lowest BCUT2D eigenvalue weighted by Crippen LogP contribution is -2.38. The van der Waals surface area contributed by atoms with Crippen LogP contribution >= 0.6 is 35.4 Å². The van der Waals surface area contributed by atoms with Gasteiger partial charge in [-0.05, 0) is 54.2 Å². The summed E-state index contributed by atoms with van der Waals surface area (Å²) < 4.78 is 5.89. The standard InChI is InChI=1S/C16H13Cl2NOS/c17-12-3-1-11(2-4-12)15-9-10-19(16(21)20-15)14-7-5-13(18)6-8-14/h1-8,15H,9-10H2. The zero-order valence-corrected chi connectivity index (χ0v) is 13.5. The molecule has 0 aliphatic carbocycles. The van der Waals surface area contributed by atoms with Gasteiger partial charge < -0.3 is 9.64 Å². The maximum atomic E-state index is 5.91. The van der Waals surface area contributed by atoms with E-state index in [2.05, 4.69) is 0 Å². The number of ether oxygens (including phenoxy) is 1. The second-order valence-electron chi connectivity index (χ2n) is 4.84. The fourth-order valence-electron chi connectivity index (χ4n) is 2.35. The highest BCUT2D eigenvalue weighted by Gasteiger charge is 2.26. The van der Waals surface area contributed by atoms with Crippen molar-refractivity contribution in [1.82, 2.24) is 0 Å². The molecule has 1 fully saturated rings. The van der Waals surface area contributed by atoms with Crippen LogP contribution in [0.5, 0.6) is 0 Å². The van der Waals surface area contributed by atoms with Crippen molar-refractivity contribution in [2.75, 3.05) is 11.4 Å². The van der Waals surface area contributed by atoms with E-state index in [1.807, 2.05) is 53.4 Å². The minimum Gasteiger partial charge on any atom is -0.462 e. The van der Waals surface area contributed by atoms with Crippen LogP contribution in [-0.2, 0) is 4.74 Å². The Morgan fingerprint density at radius 3 is 2.10 bits per heavy atom. The zero-order valence-electron chi connectivity index (χ0n) is 11.1. The van der Waals surface area contributed by atoms with Gasteiger partial charge in [0.15, 0.2) is 0 Å². The lowest BCUT2D eigenvalue weighted by atomic mass is 10.1. The van der Waals surface area contributed by atoms with E-state index in [0.29, 0.717) is 10.2 Å². The quantitative estimate of drug-likeness (QED) is 0.694. The Bertz CT molecular complexity index is 642. The third kappa shape index (κ3) is 3.31. The van der Waals surface area contributed by atoms with Crippen LogP contribution in [0.15, 0.2) is 48.5 Å². The average Bonchev–Trinajstić information content (AvgIpc) is 2.49. The molecule has 0 saturated carbocycles. The van der Waals surface area contributed by atoms with Gasteiger partial charge in [0, 0.05) is 28.7 Å². The van der Waals surface area contributed by atoms with Crippen molar-refractivity contribution in [3.05, 3.63) is 64.1 Å². The first-order chi connectivity index (χ1) is 10.1. The summed E-state index contributed by atoms with van der Waals surface area (Å²) in [5.41, 5.74) is 2.09. The summed E-state index contributed by atoms with van der Waals surface area (Å²) >= 11 is 17.2. The molecule has 1 aliphatic heterocycles. The van der Waals surface area contributed by atoms with Gasteiger partial charge in [0.2, 0.25) is 0 Å². The van der Waals surface area contributed by atoms with Crippen LogP contribution in [0.1, 0.15) is 18.1 Å². The largest absolute Gasteiger partial charge is 0.462 e. The molecule has 1 unspecified atom stereocenters. The van der Waals surface area contributed by atoms with Crippen molar-refractivity contribution in [3.63, 3.8) is 0 Å². The van der Waals surface area contributed by atoms with E-state index in [1.165, 1.54) is 0 Å². The van der Waals surface area contributed by atoms with Crippen molar-refractivity contribution in [2.45, 2.75) is 12.5 Å². The average molecular weight is 338 g/mol. The predicted molar refractivity (Wildman–Crippen MR) is 91.3 cm³/mol. The monoisotopic (exact) mass is 337 g/mol. The zero-order chi connectivity index (χ0) is 14.8. The van der Waals surface area contributed by atoms with Crippen LogP contribution in [0.4, 0.5) is 5.69 Å². The molecule has 0 radical (unpaired) electrons. The molecule has 21 heavy (non-hydrogen) atoms. The Balaban J connectivity index is 1.73. The Morgan fingerprint density at radius 1 is 0.952 bits per heavy atom. The maximum Gasteiger partial charge on any atom is 0.264 e. The van der Waals surface area contributed by atoms with Crippen molar-refractivity contribution >= 4 is 46.3 Å². The molecule has 2 aromatic carbocycles. The fraction of sp³-hybridized carbons (Fsp3) is 0.188. The molecule has 5 heteroatoms. The Labute approximate surface area is 139 Å². The van der Waals surface area contributed by atoms with Crippen LogP contribution < -0.4 is 4.90 Å². The third-order valence-corrected chi connectivity index (χ3v) is 4.28. The van der Waals surface area contributed by atoms with Gasteiger partial charge in [0.25, 0.3) is 5.17 Å². The topological polar surface area (TPSA) is 12.5 Å². The van der Waals surface area contributed by atoms with E-state index < -0.39 is 0 Å². The molecule has 108 valence electrons. The summed E-state index contributed by atoms with van der Waals surface area (Å²) in [4.78, 5) is 1.98. The van der Waals surface area contributed by atoms with Crippen molar-refractivity contribution in [1.29, 1.82) is 0 Å². The highest BCUT2D eigenvalue weighted by Crippen LogP contribution is 2.30. The summed E-state index contributed by atoms with van der Waals surface area (Å²) in [6.45, 7) is 0.813. The lowest BCUT2D eigenvalue weighted by molar-refractivity contribution is 0.166. The van der Waals surface area contributed by atoms with Gasteiger partial charge in [-0.1, -0.05) is 35.3 Å². The Hall–Kier alpha value is -1.29. The van der Waals surface area contributed by atoms with Crippen LogP contribution in [0, 0.1) is 0 Å². The second-order valence-corrected chi connectivity index (χ2v) is 6.06. The Kier molecular flexibility index (Phi) is 4.34. The molecule has 0 amide bonds. The molecular formula is C16H13Cl2NOS. The molecule has 2 nitrogen and oxygen atoms in total. The van der Waals surface area contributed by atoms with Gasteiger partial charge in [-0.3, -0.25) is 0 Å². The number of nitrogens with zero attached hydrogens (tertiary/aromatic N) is 1. The van der Waals surface area contributed by atoms with Crippen LogP contribution in [0.3, 0.4) is 0 Å². The molecule has 1 atom stereocenters. The van der Waals surface area contributed by atoms with Crippen LogP contribution in [-0.4, -0.2) is 11.7 Å². The summed E-state index contributed by atoms with van der Waals surface area (Å²) in [5, 5.41) is 1.92. The number of halogens is 2. The van der Waals surface area contributed by atoms with Gasteiger partial charge in [-0.25, -0.2) is 0 Å². The molecule has 1 saturated heterocycles. The van der Waals surface area contributed by atoms with Crippen molar-refractivity contribution < 1.29 is 4.74 Å². The second kappa shape index (κ2) is 6.22. The van der Waals surface area contributed by atoms with E-state index in [4.69, 9.17) is 40.2 Å². The maximum absolute atomic E-state index is 5.91. The SMILES string of the molecule is S=C1OC(c2ccc(Cl)cc2)CCN1c1ccc(Cl)cc1. The van der Waals surface area contributed by atoms with E-state index in [0.717, 1.165) is 29.2 Å². The third-order valence-electron chi connectivity index (χ3n) is 3.46. The van der Waals surface area contributed by atoms with Crippen LogP contribution in [0.2, 0.25) is 10.0 Å². The number of thiocarbonyl (C=S) groups is 1. The van der Waals surface area contributed by atoms with E-state index in [9.17, 15) is 0 Å². The summed E-state index contributed by atoms with van der Waals surface area (Å²) in [6, 6.07) is 15.3. The van der Waals surface area contributed by atoms with E-state index in [1.54, 1.807) is 0 Å². The molecule has 3 rings (SSSR count). The molecule has 0 bridgehead atoms. The molecular weight excluding hydrogens is 325 g/mol. The molecule has 2 aromatic rings. The number of benzene rings is 2. The number of rotatable bonds is 2. The van der Waals surface area contributed by atoms with E-state index in [-0.39, 0.29) is 6.10 Å². The molecule has 1 heterocycles. The minimum absolute atomic E-state index is 0.0154. The van der Waals surface area contributed by atoms with E-state index >= 15 is 0 Å². The van der Waals surface area contributed by atoms with Gasteiger partial charge in [-0.15, -0.1) is 0 Å². The van der Waals surface area contributed by atoms with Gasteiger partial charge >= 0.3 is 0 Å². The van der Waals surface area contributed by atoms with Gasteiger partial charge in [-0.2, -0.15) is 0 Å². The fourth-order valence-corrected chi connectivity index (χ4v) is 2.91. The molecule has 1 aliphatic rings. The highest BCUT2D eigenvalue weighted by atomic mass is 35.5. The molecule has 0 aromatic heterocycles. The summed E-state index contributed by atoms with van der Waals surface area (Å²) in [7, 11) is 0. The van der Waals surface area contributed by atoms with Crippen molar-refractivity contribution in [3.8, 4) is 0 Å². The van der Waals surface area contributed by atoms with Crippen LogP contribution in [0.25, 0.3) is 0 Å². The number of hydrogen-bond acceptors (Lipinski definition) is 2. The van der Waals surface area contributed by atoms with Crippen molar-refractivity contribution in [2.24, 2.45) is 0 Å². The first-order valence-electron chi connectivity index (χ1n) is 6.63. The van der Waals surface area contributed by atoms with Gasteiger partial charge in [0.1, 0.15) is 6.10 Å². The first kappa shape index (κ1) is 14.6.